The van der Waals surface area contributed by atoms with E-state index in [2.05, 4.69) is 36.1 Å². The SMILES string of the molecule is Cc1ccc(-c2noc(N)c2-c2ccccn2)c(C)c1. The number of aryl methyl sites for hydroxylation is 2. The lowest BCUT2D eigenvalue weighted by Gasteiger charge is -2.06. The molecule has 0 amide bonds. The molecule has 3 aromatic rings. The van der Waals surface area contributed by atoms with E-state index in [1.54, 1.807) is 6.20 Å². The minimum atomic E-state index is 0.290. The van der Waals surface area contributed by atoms with Crippen LogP contribution in [-0.2, 0) is 0 Å². The number of hydrogen-bond acceptors (Lipinski definition) is 4. The Bertz CT molecular complexity index is 748. The van der Waals surface area contributed by atoms with Crippen LogP contribution in [0.15, 0.2) is 47.1 Å². The predicted octanol–water partition coefficient (Wildman–Crippen LogP) is 3.60. The number of nitrogens with two attached hydrogens (primary N) is 1. The van der Waals surface area contributed by atoms with Gasteiger partial charge in [-0.25, -0.2) is 0 Å². The maximum atomic E-state index is 5.92. The summed E-state index contributed by atoms with van der Waals surface area (Å²) in [7, 11) is 0. The van der Waals surface area contributed by atoms with E-state index in [1.165, 1.54) is 5.56 Å². The van der Waals surface area contributed by atoms with E-state index in [4.69, 9.17) is 10.3 Å². The molecule has 0 radical (unpaired) electrons. The second-order valence-electron chi connectivity index (χ2n) is 4.80. The largest absolute Gasteiger partial charge is 0.367 e. The summed E-state index contributed by atoms with van der Waals surface area (Å²) < 4.78 is 5.18. The smallest absolute Gasteiger partial charge is 0.232 e. The van der Waals surface area contributed by atoms with Crippen LogP contribution in [0.1, 0.15) is 11.1 Å². The molecule has 1 aromatic carbocycles. The third-order valence-corrected chi connectivity index (χ3v) is 3.28. The number of nitrogens with zero attached hydrogens (tertiary/aromatic N) is 2. The third kappa shape index (κ3) is 2.05. The van der Waals surface area contributed by atoms with Crippen molar-refractivity contribution in [3.8, 4) is 22.5 Å². The molecule has 0 atom stereocenters. The quantitative estimate of drug-likeness (QED) is 0.768. The molecule has 0 aliphatic carbocycles. The van der Waals surface area contributed by atoms with Crippen molar-refractivity contribution in [2.24, 2.45) is 0 Å². The van der Waals surface area contributed by atoms with Crippen molar-refractivity contribution in [3.63, 3.8) is 0 Å². The second kappa shape index (κ2) is 4.81. The number of benzene rings is 1. The van der Waals surface area contributed by atoms with Gasteiger partial charge >= 0.3 is 0 Å². The van der Waals surface area contributed by atoms with Gasteiger partial charge in [-0.1, -0.05) is 35.0 Å². The molecule has 2 N–H and O–H groups in total. The van der Waals surface area contributed by atoms with E-state index in [-0.39, 0.29) is 0 Å². The molecular weight excluding hydrogens is 250 g/mol. The number of anilines is 1. The Labute approximate surface area is 117 Å². The summed E-state index contributed by atoms with van der Waals surface area (Å²) in [6.45, 7) is 4.11. The lowest BCUT2D eigenvalue weighted by molar-refractivity contribution is 0.439. The van der Waals surface area contributed by atoms with Gasteiger partial charge in [0, 0.05) is 11.8 Å². The van der Waals surface area contributed by atoms with Crippen LogP contribution in [0.2, 0.25) is 0 Å². The summed E-state index contributed by atoms with van der Waals surface area (Å²) in [5, 5.41) is 4.11. The van der Waals surface area contributed by atoms with E-state index in [0.29, 0.717) is 5.88 Å². The van der Waals surface area contributed by atoms with Gasteiger partial charge in [-0.2, -0.15) is 0 Å². The molecular formula is C16H15N3O. The monoisotopic (exact) mass is 265 g/mol. The van der Waals surface area contributed by atoms with E-state index >= 15 is 0 Å². The number of aromatic nitrogens is 2. The molecule has 0 bridgehead atoms. The summed E-state index contributed by atoms with van der Waals surface area (Å²) >= 11 is 0. The van der Waals surface area contributed by atoms with E-state index in [9.17, 15) is 0 Å². The minimum absolute atomic E-state index is 0.290. The van der Waals surface area contributed by atoms with Crippen LogP contribution in [-0.4, -0.2) is 10.1 Å². The van der Waals surface area contributed by atoms with Crippen LogP contribution in [0.25, 0.3) is 22.5 Å². The van der Waals surface area contributed by atoms with Crippen molar-refractivity contribution < 1.29 is 4.52 Å². The first-order valence-corrected chi connectivity index (χ1v) is 6.41. The third-order valence-electron chi connectivity index (χ3n) is 3.28. The Balaban J connectivity index is 2.21. The number of hydrogen-bond donors (Lipinski definition) is 1. The lowest BCUT2D eigenvalue weighted by atomic mass is 9.99. The molecule has 4 heteroatoms. The fourth-order valence-electron chi connectivity index (χ4n) is 2.32. The van der Waals surface area contributed by atoms with Gasteiger partial charge in [0.2, 0.25) is 5.88 Å². The first-order chi connectivity index (χ1) is 9.66. The fourth-order valence-corrected chi connectivity index (χ4v) is 2.32. The average Bonchev–Trinajstić information content (AvgIpc) is 2.81. The highest BCUT2D eigenvalue weighted by Gasteiger charge is 2.19. The van der Waals surface area contributed by atoms with Crippen molar-refractivity contribution in [1.29, 1.82) is 0 Å². The average molecular weight is 265 g/mol. The van der Waals surface area contributed by atoms with Crippen molar-refractivity contribution in [1.82, 2.24) is 10.1 Å². The molecule has 0 unspecified atom stereocenters. The van der Waals surface area contributed by atoms with Gasteiger partial charge in [0.05, 0.1) is 11.3 Å². The zero-order valence-electron chi connectivity index (χ0n) is 11.4. The molecule has 0 fully saturated rings. The van der Waals surface area contributed by atoms with Crippen LogP contribution in [0, 0.1) is 13.8 Å². The first kappa shape index (κ1) is 12.4. The lowest BCUT2D eigenvalue weighted by Crippen LogP contribution is -1.91. The van der Waals surface area contributed by atoms with Crippen LogP contribution < -0.4 is 5.73 Å². The standard InChI is InChI=1S/C16H15N3O/c1-10-6-7-12(11(2)9-10)15-14(16(17)20-19-15)13-5-3-4-8-18-13/h3-9H,17H2,1-2H3. The fraction of sp³-hybridized carbons (Fsp3) is 0.125. The zero-order valence-corrected chi connectivity index (χ0v) is 11.4. The molecule has 2 heterocycles. The Morgan fingerprint density at radius 2 is 1.95 bits per heavy atom. The summed E-state index contributed by atoms with van der Waals surface area (Å²) in [6.07, 6.45) is 1.73. The Hall–Kier alpha value is -2.62. The maximum absolute atomic E-state index is 5.92. The summed E-state index contributed by atoms with van der Waals surface area (Å²) in [6, 6.07) is 11.9. The van der Waals surface area contributed by atoms with Crippen LogP contribution in [0.4, 0.5) is 5.88 Å². The highest BCUT2D eigenvalue weighted by Crippen LogP contribution is 2.36. The van der Waals surface area contributed by atoms with E-state index in [1.807, 2.05) is 24.3 Å². The van der Waals surface area contributed by atoms with Crippen LogP contribution in [0.5, 0.6) is 0 Å². The number of rotatable bonds is 2. The number of nitrogen functional groups attached to an aromatic ring is 1. The van der Waals surface area contributed by atoms with Gasteiger partial charge in [-0.15, -0.1) is 0 Å². The molecule has 0 spiro atoms. The van der Waals surface area contributed by atoms with E-state index in [0.717, 1.165) is 28.1 Å². The van der Waals surface area contributed by atoms with Gasteiger partial charge in [-0.3, -0.25) is 4.98 Å². The molecule has 3 rings (SSSR count). The predicted molar refractivity (Wildman–Crippen MR) is 79.1 cm³/mol. The van der Waals surface area contributed by atoms with E-state index < -0.39 is 0 Å². The molecule has 4 nitrogen and oxygen atoms in total. The van der Waals surface area contributed by atoms with Crippen LogP contribution in [0.3, 0.4) is 0 Å². The second-order valence-corrected chi connectivity index (χ2v) is 4.80. The van der Waals surface area contributed by atoms with Gasteiger partial charge in [-0.05, 0) is 31.5 Å². The molecule has 2 aromatic heterocycles. The van der Waals surface area contributed by atoms with Crippen molar-refractivity contribution in [2.75, 3.05) is 5.73 Å². The zero-order chi connectivity index (χ0) is 14.1. The topological polar surface area (TPSA) is 64.9 Å². The highest BCUT2D eigenvalue weighted by molar-refractivity contribution is 5.86. The van der Waals surface area contributed by atoms with Crippen molar-refractivity contribution in [3.05, 3.63) is 53.7 Å². The van der Waals surface area contributed by atoms with Gasteiger partial charge in [0.25, 0.3) is 0 Å². The van der Waals surface area contributed by atoms with Crippen LogP contribution >= 0.6 is 0 Å². The Kier molecular flexibility index (Phi) is 2.99. The summed E-state index contributed by atoms with van der Waals surface area (Å²) in [4.78, 5) is 4.34. The molecule has 0 saturated carbocycles. The van der Waals surface area contributed by atoms with Gasteiger partial charge in [0.1, 0.15) is 5.69 Å². The Morgan fingerprint density at radius 3 is 2.65 bits per heavy atom. The van der Waals surface area contributed by atoms with Gasteiger partial charge < -0.3 is 10.3 Å². The molecule has 100 valence electrons. The first-order valence-electron chi connectivity index (χ1n) is 6.41. The van der Waals surface area contributed by atoms with Gasteiger partial charge in [0.15, 0.2) is 0 Å². The molecule has 0 aliphatic heterocycles. The van der Waals surface area contributed by atoms with Crippen molar-refractivity contribution in [2.45, 2.75) is 13.8 Å². The Morgan fingerprint density at radius 1 is 1.10 bits per heavy atom. The number of pyridine rings is 1. The molecule has 0 aliphatic rings. The summed E-state index contributed by atoms with van der Waals surface area (Å²) in [5.41, 5.74) is 11.5. The normalized spacial score (nSPS) is 10.7. The minimum Gasteiger partial charge on any atom is -0.367 e. The molecule has 20 heavy (non-hydrogen) atoms. The maximum Gasteiger partial charge on any atom is 0.232 e. The highest BCUT2D eigenvalue weighted by atomic mass is 16.5. The molecule has 0 saturated heterocycles. The summed E-state index contributed by atoms with van der Waals surface area (Å²) in [5.74, 6) is 0.290. The van der Waals surface area contributed by atoms with Crippen molar-refractivity contribution >= 4 is 5.88 Å².